The van der Waals surface area contributed by atoms with Crippen molar-refractivity contribution in [2.45, 2.75) is 49.2 Å². The van der Waals surface area contributed by atoms with Crippen molar-refractivity contribution in [3.05, 3.63) is 53.6 Å². The minimum absolute atomic E-state index is 0.0386. The zero-order chi connectivity index (χ0) is 29.8. The van der Waals surface area contributed by atoms with Crippen LogP contribution < -0.4 is 10.0 Å². The molecule has 1 amide bonds. The summed E-state index contributed by atoms with van der Waals surface area (Å²) in [5.41, 5.74) is -0.619. The molecule has 0 bridgehead atoms. The molecule has 0 saturated carbocycles. The molecule has 0 aliphatic heterocycles. The maximum Gasteiger partial charge on any atom is 0.416 e. The Morgan fingerprint density at radius 1 is 1.03 bits per heavy atom. The SMILES string of the molecule is Cc1ccc(NC(=O)COC(=O)[C@H](CC(C)C)NS(=O)(=O)c2cccc(C(F)(F)F)c2)cc1S(=O)(=O)N(C)C. The first kappa shape index (κ1) is 32.2. The molecule has 2 aromatic carbocycles. The van der Waals surface area contributed by atoms with Gasteiger partial charge in [-0.25, -0.2) is 21.1 Å². The number of amides is 1. The molecule has 10 nitrogen and oxygen atoms in total. The van der Waals surface area contributed by atoms with E-state index in [9.17, 15) is 39.6 Å². The molecule has 2 rings (SSSR count). The Morgan fingerprint density at radius 3 is 2.23 bits per heavy atom. The molecule has 0 aliphatic rings. The van der Waals surface area contributed by atoms with Crippen molar-refractivity contribution in [1.29, 1.82) is 0 Å². The second-order valence-electron chi connectivity index (χ2n) is 9.25. The number of carbonyl (C=O) groups excluding carboxylic acids is 2. The van der Waals surface area contributed by atoms with Gasteiger partial charge in [0.2, 0.25) is 20.0 Å². The van der Waals surface area contributed by atoms with Gasteiger partial charge in [0.1, 0.15) is 6.04 Å². The average Bonchev–Trinajstić information content (AvgIpc) is 2.82. The first-order valence-corrected chi connectivity index (χ1v) is 14.5. The van der Waals surface area contributed by atoms with E-state index in [1.165, 1.54) is 32.3 Å². The molecule has 2 aromatic rings. The van der Waals surface area contributed by atoms with Gasteiger partial charge < -0.3 is 10.1 Å². The minimum atomic E-state index is -4.77. The molecule has 2 N–H and O–H groups in total. The summed E-state index contributed by atoms with van der Waals surface area (Å²) in [6, 6.07) is 5.73. The van der Waals surface area contributed by atoms with E-state index in [0.717, 1.165) is 16.4 Å². The number of anilines is 1. The molecule has 1 atom stereocenters. The topological polar surface area (TPSA) is 139 Å². The van der Waals surface area contributed by atoms with Gasteiger partial charge in [-0.05, 0) is 55.2 Å². The highest BCUT2D eigenvalue weighted by Crippen LogP contribution is 2.30. The second-order valence-corrected chi connectivity index (χ2v) is 13.1. The normalized spacial score (nSPS) is 13.4. The van der Waals surface area contributed by atoms with Crippen molar-refractivity contribution in [2.24, 2.45) is 5.92 Å². The van der Waals surface area contributed by atoms with Gasteiger partial charge in [0.05, 0.1) is 15.4 Å². The van der Waals surface area contributed by atoms with Crippen LogP contribution in [0, 0.1) is 12.8 Å². The zero-order valence-electron chi connectivity index (χ0n) is 21.9. The van der Waals surface area contributed by atoms with E-state index in [2.05, 4.69) is 10.0 Å². The van der Waals surface area contributed by atoms with Gasteiger partial charge in [-0.1, -0.05) is 26.0 Å². The molecule has 0 heterocycles. The third-order valence-electron chi connectivity index (χ3n) is 5.34. The van der Waals surface area contributed by atoms with Crippen molar-refractivity contribution < 1.29 is 44.3 Å². The Bertz CT molecular complexity index is 1420. The summed E-state index contributed by atoms with van der Waals surface area (Å²) in [4.78, 5) is 24.3. The largest absolute Gasteiger partial charge is 0.454 e. The van der Waals surface area contributed by atoms with Gasteiger partial charge >= 0.3 is 12.1 Å². The van der Waals surface area contributed by atoms with E-state index in [0.29, 0.717) is 17.7 Å². The number of alkyl halides is 3. The molecule has 216 valence electrons. The fraction of sp³-hybridized carbons (Fsp3) is 0.417. The standard InChI is InChI=1S/C24H30F3N3O7S2/c1-15(2)11-20(29-38(33,34)19-8-6-7-17(12-19)24(25,26)27)23(32)37-14-22(31)28-18-10-9-16(3)21(13-18)39(35,36)30(4)5/h6-10,12-13,15,20,29H,11,14H2,1-5H3,(H,28,31)/t20-/m0/s1. The van der Waals surface area contributed by atoms with Crippen LogP contribution in [-0.4, -0.2) is 59.8 Å². The number of rotatable bonds is 11. The van der Waals surface area contributed by atoms with E-state index in [1.54, 1.807) is 20.8 Å². The van der Waals surface area contributed by atoms with E-state index in [4.69, 9.17) is 4.74 Å². The van der Waals surface area contributed by atoms with Crippen LogP contribution in [0.3, 0.4) is 0 Å². The van der Waals surface area contributed by atoms with Crippen LogP contribution in [0.15, 0.2) is 52.3 Å². The third kappa shape index (κ3) is 8.74. The van der Waals surface area contributed by atoms with Gasteiger partial charge in [0, 0.05) is 19.8 Å². The molecule has 0 aromatic heterocycles. The van der Waals surface area contributed by atoms with E-state index >= 15 is 0 Å². The Labute approximate surface area is 225 Å². The van der Waals surface area contributed by atoms with Crippen LogP contribution in [0.2, 0.25) is 0 Å². The van der Waals surface area contributed by atoms with Gasteiger partial charge in [-0.15, -0.1) is 0 Å². The van der Waals surface area contributed by atoms with Gasteiger partial charge in [0.15, 0.2) is 6.61 Å². The average molecular weight is 594 g/mol. The second kappa shape index (κ2) is 12.4. The summed E-state index contributed by atoms with van der Waals surface area (Å²) in [6.07, 6.45) is -4.84. The molecule has 15 heteroatoms. The molecular formula is C24H30F3N3O7S2. The van der Waals surface area contributed by atoms with Crippen molar-refractivity contribution in [2.75, 3.05) is 26.0 Å². The number of benzene rings is 2. The number of carbonyl (C=O) groups is 2. The molecular weight excluding hydrogens is 563 g/mol. The fourth-order valence-corrected chi connectivity index (χ4v) is 5.73. The lowest BCUT2D eigenvalue weighted by Crippen LogP contribution is -2.43. The highest BCUT2D eigenvalue weighted by Gasteiger charge is 2.33. The van der Waals surface area contributed by atoms with Crippen LogP contribution in [0.4, 0.5) is 18.9 Å². The first-order chi connectivity index (χ1) is 17.8. The monoisotopic (exact) mass is 593 g/mol. The van der Waals surface area contributed by atoms with Crippen LogP contribution in [0.25, 0.3) is 0 Å². The minimum Gasteiger partial charge on any atom is -0.454 e. The Morgan fingerprint density at radius 2 is 1.67 bits per heavy atom. The molecule has 0 aliphatic carbocycles. The lowest BCUT2D eigenvalue weighted by Gasteiger charge is -2.20. The number of aryl methyl sites for hydroxylation is 1. The van der Waals surface area contributed by atoms with Crippen LogP contribution >= 0.6 is 0 Å². The molecule has 0 unspecified atom stereocenters. The van der Waals surface area contributed by atoms with Gasteiger partial charge in [-0.2, -0.15) is 17.9 Å². The third-order valence-corrected chi connectivity index (χ3v) is 8.76. The summed E-state index contributed by atoms with van der Waals surface area (Å²) < 4.78 is 97.6. The quantitative estimate of drug-likeness (QED) is 0.382. The molecule has 0 spiro atoms. The van der Waals surface area contributed by atoms with Crippen LogP contribution in [0.5, 0.6) is 0 Å². The van der Waals surface area contributed by atoms with Crippen molar-refractivity contribution >= 4 is 37.6 Å². The van der Waals surface area contributed by atoms with E-state index in [1.807, 2.05) is 0 Å². The lowest BCUT2D eigenvalue weighted by molar-refractivity contribution is -0.149. The Hall–Kier alpha value is -3.01. The Balaban J connectivity index is 2.15. The van der Waals surface area contributed by atoms with Crippen LogP contribution in [0.1, 0.15) is 31.4 Å². The highest BCUT2D eigenvalue weighted by atomic mass is 32.2. The summed E-state index contributed by atoms with van der Waals surface area (Å²) >= 11 is 0. The molecule has 0 radical (unpaired) electrons. The van der Waals surface area contributed by atoms with Crippen molar-refractivity contribution in [1.82, 2.24) is 9.03 Å². The van der Waals surface area contributed by atoms with E-state index in [-0.39, 0.29) is 22.9 Å². The van der Waals surface area contributed by atoms with Gasteiger partial charge in [0.25, 0.3) is 5.91 Å². The smallest absolute Gasteiger partial charge is 0.416 e. The predicted molar refractivity (Wildman–Crippen MR) is 137 cm³/mol. The lowest BCUT2D eigenvalue weighted by atomic mass is 10.1. The number of nitrogens with zero attached hydrogens (tertiary/aromatic N) is 1. The predicted octanol–water partition coefficient (Wildman–Crippen LogP) is 3.14. The van der Waals surface area contributed by atoms with Crippen molar-refractivity contribution in [3.63, 3.8) is 0 Å². The van der Waals surface area contributed by atoms with Crippen molar-refractivity contribution in [3.8, 4) is 0 Å². The number of hydrogen-bond donors (Lipinski definition) is 2. The molecule has 39 heavy (non-hydrogen) atoms. The maximum absolute atomic E-state index is 13.0. The number of esters is 1. The Kier molecular flexibility index (Phi) is 10.3. The summed E-state index contributed by atoms with van der Waals surface area (Å²) in [7, 11) is -5.65. The maximum atomic E-state index is 13.0. The summed E-state index contributed by atoms with van der Waals surface area (Å²) in [5, 5.41) is 2.41. The summed E-state index contributed by atoms with van der Waals surface area (Å²) in [5.74, 6) is -2.18. The van der Waals surface area contributed by atoms with Gasteiger partial charge in [-0.3, -0.25) is 9.59 Å². The molecule has 0 saturated heterocycles. The van der Waals surface area contributed by atoms with E-state index < -0.39 is 61.2 Å². The fourth-order valence-electron chi connectivity index (χ4n) is 3.35. The number of nitrogens with one attached hydrogen (secondary N) is 2. The van der Waals surface area contributed by atoms with Crippen LogP contribution in [-0.2, 0) is 40.5 Å². The number of sulfonamides is 2. The number of ether oxygens (including phenoxy) is 1. The number of hydrogen-bond acceptors (Lipinski definition) is 7. The highest BCUT2D eigenvalue weighted by molar-refractivity contribution is 7.89. The first-order valence-electron chi connectivity index (χ1n) is 11.5. The summed E-state index contributed by atoms with van der Waals surface area (Å²) in [6.45, 7) is 4.12. The zero-order valence-corrected chi connectivity index (χ0v) is 23.5. The number of halogens is 3. The molecule has 0 fully saturated rings.